The van der Waals surface area contributed by atoms with Crippen molar-refractivity contribution in [3.05, 3.63) is 51.5 Å². The van der Waals surface area contributed by atoms with E-state index in [9.17, 15) is 14.4 Å². The maximum absolute atomic E-state index is 12.8. The van der Waals surface area contributed by atoms with E-state index in [1.54, 1.807) is 18.2 Å². The van der Waals surface area contributed by atoms with Crippen molar-refractivity contribution in [2.75, 3.05) is 26.6 Å². The normalized spacial score (nSPS) is 15.0. The lowest BCUT2D eigenvalue weighted by molar-refractivity contribution is -0.125. The number of fused-ring (bicyclic) bond motifs is 1. The number of benzene rings is 2. The Labute approximate surface area is 175 Å². The van der Waals surface area contributed by atoms with Gasteiger partial charge < -0.3 is 24.3 Å². The zero-order chi connectivity index (χ0) is 21.1. The average Bonchev–Trinajstić information content (AvgIpc) is 2.72. The van der Waals surface area contributed by atoms with Gasteiger partial charge in [-0.15, -0.1) is 0 Å². The van der Waals surface area contributed by atoms with Gasteiger partial charge in [0.25, 0.3) is 5.91 Å². The Balaban J connectivity index is 1.90. The maximum Gasteiger partial charge on any atom is 0.340 e. The molecule has 3 rings (SSSR count). The molecule has 1 N–H and O–H groups in total. The fourth-order valence-electron chi connectivity index (χ4n) is 2.99. The van der Waals surface area contributed by atoms with Gasteiger partial charge in [0.1, 0.15) is 0 Å². The van der Waals surface area contributed by atoms with Gasteiger partial charge >= 0.3 is 11.9 Å². The molecule has 1 amide bonds. The highest BCUT2D eigenvalue weighted by Gasteiger charge is 2.32. The van der Waals surface area contributed by atoms with Gasteiger partial charge in [-0.2, -0.15) is 0 Å². The van der Waals surface area contributed by atoms with Crippen LogP contribution in [0.4, 0.5) is 5.69 Å². The lowest BCUT2D eigenvalue weighted by atomic mass is 9.98. The van der Waals surface area contributed by atoms with Crippen molar-refractivity contribution in [2.24, 2.45) is 0 Å². The number of hydrogen-bond donors (Lipinski definition) is 1. The largest absolute Gasteiger partial charge is 0.493 e. The van der Waals surface area contributed by atoms with Crippen LogP contribution in [0.5, 0.6) is 11.5 Å². The topological polar surface area (TPSA) is 100 Å². The van der Waals surface area contributed by atoms with Crippen LogP contribution in [0.3, 0.4) is 0 Å². The summed E-state index contributed by atoms with van der Waals surface area (Å²) in [6.07, 6.45) is -0.851. The van der Waals surface area contributed by atoms with Crippen molar-refractivity contribution in [1.29, 1.82) is 0 Å². The average molecular weight is 464 g/mol. The summed E-state index contributed by atoms with van der Waals surface area (Å²) in [5.41, 5.74) is 1.33. The molecule has 2 aromatic carbocycles. The summed E-state index contributed by atoms with van der Waals surface area (Å²) in [4.78, 5) is 37.2. The van der Waals surface area contributed by atoms with Gasteiger partial charge in [-0.25, -0.2) is 9.59 Å². The summed E-state index contributed by atoms with van der Waals surface area (Å²) in [5.74, 6) is -1.23. The van der Waals surface area contributed by atoms with E-state index < -0.39 is 23.9 Å². The van der Waals surface area contributed by atoms with Crippen LogP contribution in [0.25, 0.3) is 0 Å². The number of esters is 2. The molecule has 1 aliphatic rings. The second kappa shape index (κ2) is 8.52. The minimum absolute atomic E-state index is 0.0729. The van der Waals surface area contributed by atoms with Crippen molar-refractivity contribution in [3.8, 4) is 11.5 Å². The molecule has 0 aliphatic carbocycles. The van der Waals surface area contributed by atoms with Crippen LogP contribution in [0, 0.1) is 0 Å². The second-order valence-electron chi connectivity index (χ2n) is 6.13. The van der Waals surface area contributed by atoms with Crippen molar-refractivity contribution in [1.82, 2.24) is 0 Å². The minimum atomic E-state index is -1.05. The number of cyclic esters (lactones) is 1. The Kier molecular flexibility index (Phi) is 6.07. The van der Waals surface area contributed by atoms with E-state index in [0.717, 1.165) is 4.47 Å². The monoisotopic (exact) mass is 463 g/mol. The number of carbonyl (C=O) groups is 3. The van der Waals surface area contributed by atoms with E-state index >= 15 is 0 Å². The Morgan fingerprint density at radius 1 is 1.10 bits per heavy atom. The number of nitrogens with one attached hydrogen (secondary N) is 1. The number of halogens is 1. The Morgan fingerprint density at radius 3 is 2.45 bits per heavy atom. The van der Waals surface area contributed by atoms with Crippen LogP contribution in [-0.4, -0.2) is 45.3 Å². The van der Waals surface area contributed by atoms with Crippen LogP contribution in [-0.2, 0) is 20.7 Å². The van der Waals surface area contributed by atoms with Crippen LogP contribution < -0.4 is 14.8 Å². The maximum atomic E-state index is 12.8. The fourth-order valence-corrected chi connectivity index (χ4v) is 3.39. The van der Waals surface area contributed by atoms with Crippen molar-refractivity contribution >= 4 is 39.5 Å². The summed E-state index contributed by atoms with van der Waals surface area (Å²) >= 11 is 3.35. The van der Waals surface area contributed by atoms with Crippen molar-refractivity contribution in [2.45, 2.75) is 12.5 Å². The third-order valence-electron chi connectivity index (χ3n) is 4.42. The van der Waals surface area contributed by atoms with Gasteiger partial charge in [-0.05, 0) is 23.8 Å². The SMILES string of the molecule is COC(=O)c1cc(OC)c(OC)cc1NC(=O)C1Cc2cc(Br)ccc2C(=O)O1. The Bertz CT molecular complexity index is 989. The molecule has 1 aliphatic heterocycles. The molecule has 152 valence electrons. The lowest BCUT2D eigenvalue weighted by Gasteiger charge is -2.24. The summed E-state index contributed by atoms with van der Waals surface area (Å²) in [6.45, 7) is 0. The highest BCUT2D eigenvalue weighted by Crippen LogP contribution is 2.34. The molecule has 0 fully saturated rings. The number of rotatable bonds is 5. The van der Waals surface area contributed by atoms with Gasteiger partial charge in [0.05, 0.1) is 38.1 Å². The van der Waals surface area contributed by atoms with E-state index in [1.165, 1.54) is 33.5 Å². The first-order valence-electron chi connectivity index (χ1n) is 8.52. The van der Waals surface area contributed by atoms with Crippen LogP contribution >= 0.6 is 15.9 Å². The van der Waals surface area contributed by atoms with Gasteiger partial charge in [0.15, 0.2) is 17.6 Å². The lowest BCUT2D eigenvalue weighted by Crippen LogP contribution is -2.38. The molecule has 29 heavy (non-hydrogen) atoms. The van der Waals surface area contributed by atoms with Gasteiger partial charge in [0, 0.05) is 23.0 Å². The third-order valence-corrected chi connectivity index (χ3v) is 4.91. The first-order valence-corrected chi connectivity index (χ1v) is 9.31. The van der Waals surface area contributed by atoms with Crippen LogP contribution in [0.1, 0.15) is 26.3 Å². The minimum Gasteiger partial charge on any atom is -0.493 e. The van der Waals surface area contributed by atoms with Gasteiger partial charge in [0.2, 0.25) is 0 Å². The van der Waals surface area contributed by atoms with Crippen LogP contribution in [0.15, 0.2) is 34.8 Å². The molecule has 0 bridgehead atoms. The van der Waals surface area contributed by atoms with E-state index in [1.807, 2.05) is 0 Å². The molecular formula is C20H18BrNO7. The molecular weight excluding hydrogens is 446 g/mol. The highest BCUT2D eigenvalue weighted by molar-refractivity contribution is 9.10. The van der Waals surface area contributed by atoms with E-state index in [-0.39, 0.29) is 17.7 Å². The van der Waals surface area contributed by atoms with Crippen molar-refractivity contribution in [3.63, 3.8) is 0 Å². The zero-order valence-corrected chi connectivity index (χ0v) is 17.5. The first-order chi connectivity index (χ1) is 13.9. The standard InChI is InChI=1S/C20H18BrNO7/c1-26-15-8-13(19(24)28-3)14(9-16(15)27-2)22-18(23)17-7-10-6-11(21)4-5-12(10)20(25)29-17/h4-6,8-9,17H,7H2,1-3H3,(H,22,23). The smallest absolute Gasteiger partial charge is 0.340 e. The van der Waals surface area contributed by atoms with Gasteiger partial charge in [-0.3, -0.25) is 4.79 Å². The summed E-state index contributed by atoms with van der Waals surface area (Å²) in [7, 11) is 4.08. The molecule has 0 spiro atoms. The number of carbonyl (C=O) groups excluding carboxylic acids is 3. The zero-order valence-electron chi connectivity index (χ0n) is 15.9. The molecule has 1 unspecified atom stereocenters. The van der Waals surface area contributed by atoms with E-state index in [0.29, 0.717) is 22.6 Å². The first kappa shape index (κ1) is 20.7. The van der Waals surface area contributed by atoms with E-state index in [4.69, 9.17) is 18.9 Å². The number of amides is 1. The fraction of sp³-hybridized carbons (Fsp3) is 0.250. The van der Waals surface area contributed by atoms with Crippen LogP contribution in [0.2, 0.25) is 0 Å². The summed E-state index contributed by atoms with van der Waals surface area (Å²) < 4.78 is 21.3. The molecule has 0 saturated heterocycles. The number of methoxy groups -OCH3 is 3. The molecule has 9 heteroatoms. The molecule has 0 saturated carbocycles. The van der Waals surface area contributed by atoms with E-state index in [2.05, 4.69) is 21.2 Å². The molecule has 1 atom stereocenters. The Hall–Kier alpha value is -3.07. The molecule has 0 aromatic heterocycles. The summed E-state index contributed by atoms with van der Waals surface area (Å²) in [6, 6.07) is 7.98. The predicted molar refractivity (Wildman–Crippen MR) is 107 cm³/mol. The predicted octanol–water partition coefficient (Wildman–Crippen LogP) is 2.97. The number of hydrogen-bond acceptors (Lipinski definition) is 7. The number of anilines is 1. The molecule has 0 radical (unpaired) electrons. The highest BCUT2D eigenvalue weighted by atomic mass is 79.9. The molecule has 8 nitrogen and oxygen atoms in total. The molecule has 2 aromatic rings. The second-order valence-corrected chi connectivity index (χ2v) is 7.05. The molecule has 1 heterocycles. The van der Waals surface area contributed by atoms with Crippen molar-refractivity contribution < 1.29 is 33.3 Å². The summed E-state index contributed by atoms with van der Waals surface area (Å²) in [5, 5.41) is 2.62. The quantitative estimate of drug-likeness (QED) is 0.680. The number of ether oxygens (including phenoxy) is 4. The van der Waals surface area contributed by atoms with Gasteiger partial charge in [-0.1, -0.05) is 15.9 Å². The Morgan fingerprint density at radius 2 is 1.79 bits per heavy atom. The third kappa shape index (κ3) is 4.19.